The van der Waals surface area contributed by atoms with Crippen LogP contribution < -0.4 is 5.32 Å². The van der Waals surface area contributed by atoms with E-state index in [9.17, 15) is 19.2 Å². The number of carbonyl (C=O) groups is 4. The third-order valence-corrected chi connectivity index (χ3v) is 13.4. The number of esters is 2. The number of anilines is 1. The number of unbranched alkanes of at least 4 members (excludes halogenated alkanes) is 19. The first-order chi connectivity index (χ1) is 31.2. The second-order valence-corrected chi connectivity index (χ2v) is 19.6. The van der Waals surface area contributed by atoms with Crippen LogP contribution in [0.5, 0.6) is 0 Å². The van der Waals surface area contributed by atoms with Crippen molar-refractivity contribution in [2.75, 3.05) is 39.1 Å². The fourth-order valence-electron chi connectivity index (χ4n) is 8.34. The lowest BCUT2D eigenvalue weighted by molar-refractivity contribution is -0.150. The lowest BCUT2D eigenvalue weighted by Crippen LogP contribution is -2.35. The van der Waals surface area contributed by atoms with Crippen LogP contribution in [0.3, 0.4) is 0 Å². The van der Waals surface area contributed by atoms with Gasteiger partial charge in [0, 0.05) is 37.2 Å². The van der Waals surface area contributed by atoms with E-state index >= 15 is 0 Å². The van der Waals surface area contributed by atoms with Crippen LogP contribution in [0.15, 0.2) is 24.3 Å². The molecule has 10 heteroatoms. The van der Waals surface area contributed by atoms with Gasteiger partial charge in [0.15, 0.2) is 0 Å². The molecule has 0 saturated carbocycles. The molecule has 1 aliphatic heterocycles. The summed E-state index contributed by atoms with van der Waals surface area (Å²) >= 11 is 1.40. The quantitative estimate of drug-likeness (QED) is 0.0397. The maximum Gasteiger partial charge on any atom is 0.341 e. The molecule has 1 aromatic heterocycles. The van der Waals surface area contributed by atoms with Crippen molar-refractivity contribution in [1.29, 1.82) is 0 Å². The van der Waals surface area contributed by atoms with Gasteiger partial charge in [-0.1, -0.05) is 141 Å². The molecule has 2 rings (SSSR count). The highest BCUT2D eigenvalue weighted by molar-refractivity contribution is 7.17. The first-order valence-corrected chi connectivity index (χ1v) is 27.0. The molecule has 2 amide bonds. The summed E-state index contributed by atoms with van der Waals surface area (Å²) in [5, 5.41) is 3.60. The van der Waals surface area contributed by atoms with Crippen molar-refractivity contribution in [2.45, 2.75) is 239 Å². The first-order valence-electron chi connectivity index (χ1n) is 26.2. The molecule has 1 aromatic rings. The van der Waals surface area contributed by atoms with E-state index < -0.39 is 5.97 Å². The Morgan fingerprint density at radius 2 is 1.22 bits per heavy atom. The number of rotatable bonds is 40. The Hall–Kier alpha value is -2.98. The summed E-state index contributed by atoms with van der Waals surface area (Å²) in [6, 6.07) is 0. The summed E-state index contributed by atoms with van der Waals surface area (Å²) in [6.07, 6.45) is 41.8. The molecule has 0 radical (unpaired) electrons. The van der Waals surface area contributed by atoms with Gasteiger partial charge in [0.1, 0.15) is 11.1 Å². The molecule has 366 valence electrons. The van der Waals surface area contributed by atoms with Gasteiger partial charge in [-0.3, -0.25) is 14.4 Å². The predicted molar refractivity (Wildman–Crippen MR) is 269 cm³/mol. The smallest absolute Gasteiger partial charge is 0.341 e. The molecule has 9 nitrogen and oxygen atoms in total. The third-order valence-electron chi connectivity index (χ3n) is 12.3. The van der Waals surface area contributed by atoms with E-state index in [1.54, 1.807) is 0 Å². The summed E-state index contributed by atoms with van der Waals surface area (Å²) in [7, 11) is 3.98. The molecule has 0 bridgehead atoms. The van der Waals surface area contributed by atoms with Crippen molar-refractivity contribution >= 4 is 40.1 Å². The molecule has 0 unspecified atom stereocenters. The van der Waals surface area contributed by atoms with Crippen LogP contribution in [0.25, 0.3) is 0 Å². The van der Waals surface area contributed by atoms with Gasteiger partial charge in [-0.2, -0.15) is 0 Å². The van der Waals surface area contributed by atoms with Crippen molar-refractivity contribution in [3.05, 3.63) is 40.3 Å². The van der Waals surface area contributed by atoms with Crippen molar-refractivity contribution in [2.24, 2.45) is 0 Å². The molecule has 0 aromatic carbocycles. The van der Waals surface area contributed by atoms with Crippen LogP contribution in [0, 0.1) is 0 Å². The van der Waals surface area contributed by atoms with Gasteiger partial charge in [0.2, 0.25) is 11.8 Å². The summed E-state index contributed by atoms with van der Waals surface area (Å²) in [4.78, 5) is 58.0. The van der Waals surface area contributed by atoms with Crippen LogP contribution in [-0.2, 0) is 36.8 Å². The number of allylic oxidation sites excluding steroid dienone is 4. The number of fused-ring (bicyclic) bond motifs is 1. The molecule has 0 aliphatic carbocycles. The van der Waals surface area contributed by atoms with Crippen LogP contribution in [0.1, 0.15) is 241 Å². The standard InChI is InChI=1S/C54H93N3O6S/c1-6-9-12-15-18-19-20-21-22-23-24-25-26-29-32-38-49(58)55-53-52(54(61)62-44-35-42-56(4)5)47-41-43-57(45-48(47)64-53)50(59)39-33-34-40-51(60)63-46(36-30-27-16-13-10-7-2)37-31-28-17-14-11-8-3/h18-19,21-22,46H,6-17,20,23-45H2,1-5H3,(H,55,58)/b19-18-,22-21-. The van der Waals surface area contributed by atoms with E-state index in [2.05, 4.69) is 55.3 Å². The highest BCUT2D eigenvalue weighted by atomic mass is 32.1. The minimum atomic E-state index is -0.406. The largest absolute Gasteiger partial charge is 0.462 e. The van der Waals surface area contributed by atoms with E-state index in [1.807, 2.05) is 19.0 Å². The Bertz CT molecular complexity index is 1440. The number of hydrogen-bond donors (Lipinski definition) is 1. The monoisotopic (exact) mass is 912 g/mol. The highest BCUT2D eigenvalue weighted by Crippen LogP contribution is 2.38. The van der Waals surface area contributed by atoms with Gasteiger partial charge in [-0.25, -0.2) is 4.79 Å². The summed E-state index contributed by atoms with van der Waals surface area (Å²) in [5.41, 5.74) is 1.34. The van der Waals surface area contributed by atoms with E-state index in [0.717, 1.165) is 94.0 Å². The van der Waals surface area contributed by atoms with E-state index in [0.29, 0.717) is 68.8 Å². The summed E-state index contributed by atoms with van der Waals surface area (Å²) in [5.74, 6) is -0.581. The van der Waals surface area contributed by atoms with Gasteiger partial charge in [-0.15, -0.1) is 11.3 Å². The fourth-order valence-corrected chi connectivity index (χ4v) is 9.61. The second kappa shape index (κ2) is 38.2. The number of thiophene rings is 1. The molecule has 0 fully saturated rings. The molecule has 0 spiro atoms. The number of ether oxygens (including phenoxy) is 2. The lowest BCUT2D eigenvalue weighted by atomic mass is 10.0. The normalized spacial score (nSPS) is 12.8. The molecule has 64 heavy (non-hydrogen) atoms. The highest BCUT2D eigenvalue weighted by Gasteiger charge is 2.31. The second-order valence-electron chi connectivity index (χ2n) is 18.5. The minimum Gasteiger partial charge on any atom is -0.462 e. The topological polar surface area (TPSA) is 105 Å². The zero-order chi connectivity index (χ0) is 46.5. The Morgan fingerprint density at radius 1 is 0.672 bits per heavy atom. The number of amides is 2. The maximum absolute atomic E-state index is 13.5. The molecule has 2 heterocycles. The average Bonchev–Trinajstić information content (AvgIpc) is 3.64. The van der Waals surface area contributed by atoms with Crippen LogP contribution in [0.2, 0.25) is 0 Å². The Labute approximate surface area is 395 Å². The number of nitrogens with one attached hydrogen (secondary N) is 1. The number of carbonyl (C=O) groups excluding carboxylic acids is 4. The van der Waals surface area contributed by atoms with Crippen molar-refractivity contribution in [3.8, 4) is 0 Å². The Morgan fingerprint density at radius 3 is 1.86 bits per heavy atom. The molecular formula is C54H93N3O6S. The number of nitrogens with zero attached hydrogens (tertiary/aromatic N) is 2. The van der Waals surface area contributed by atoms with Gasteiger partial charge >= 0.3 is 11.9 Å². The zero-order valence-corrected chi connectivity index (χ0v) is 42.4. The molecule has 1 N–H and O–H groups in total. The van der Waals surface area contributed by atoms with Crippen LogP contribution >= 0.6 is 11.3 Å². The Balaban J connectivity index is 1.85. The van der Waals surface area contributed by atoms with Gasteiger partial charge in [0.05, 0.1) is 18.7 Å². The van der Waals surface area contributed by atoms with E-state index in [-0.39, 0.29) is 23.9 Å². The summed E-state index contributed by atoms with van der Waals surface area (Å²) < 4.78 is 11.8. The van der Waals surface area contributed by atoms with Gasteiger partial charge < -0.3 is 24.6 Å². The Kier molecular flexibility index (Phi) is 34.1. The molecule has 0 saturated heterocycles. The third kappa shape index (κ3) is 27.5. The lowest BCUT2D eigenvalue weighted by Gasteiger charge is -2.27. The van der Waals surface area contributed by atoms with E-state index in [4.69, 9.17) is 9.47 Å². The first kappa shape index (κ1) is 57.1. The van der Waals surface area contributed by atoms with Crippen molar-refractivity contribution < 1.29 is 28.7 Å². The molecule has 1 aliphatic rings. The SMILES string of the molecule is CCCCC/C=C\C/C=C\CCCCCCCC(=O)Nc1sc2c(c1C(=O)OCCCN(C)C)CCN(C(=O)CCCCC(=O)OC(CCCCCCCC)CCCCCCCC)C2. The molecular weight excluding hydrogens is 819 g/mol. The van der Waals surface area contributed by atoms with Crippen molar-refractivity contribution in [3.63, 3.8) is 0 Å². The maximum atomic E-state index is 13.5. The van der Waals surface area contributed by atoms with Crippen molar-refractivity contribution in [1.82, 2.24) is 9.80 Å². The fraction of sp³-hybridized carbons (Fsp3) is 0.778. The average molecular weight is 912 g/mol. The number of hydrogen-bond acceptors (Lipinski definition) is 8. The van der Waals surface area contributed by atoms with Gasteiger partial charge in [0.25, 0.3) is 0 Å². The van der Waals surface area contributed by atoms with Gasteiger partial charge in [-0.05, 0) is 110 Å². The predicted octanol–water partition coefficient (Wildman–Crippen LogP) is 14.5. The minimum absolute atomic E-state index is 0.000130. The summed E-state index contributed by atoms with van der Waals surface area (Å²) in [6.45, 7) is 8.74. The molecule has 0 atom stereocenters. The van der Waals surface area contributed by atoms with E-state index in [1.165, 1.54) is 101 Å². The van der Waals surface area contributed by atoms with Crippen LogP contribution in [-0.4, -0.2) is 73.4 Å². The zero-order valence-electron chi connectivity index (χ0n) is 41.6. The van der Waals surface area contributed by atoms with Crippen LogP contribution in [0.4, 0.5) is 5.00 Å².